The van der Waals surface area contributed by atoms with Crippen LogP contribution >= 0.6 is 23.2 Å². The quantitative estimate of drug-likeness (QED) is 0.818. The molecule has 2 aromatic carbocycles. The molecule has 1 aliphatic rings. The Labute approximate surface area is 151 Å². The minimum Gasteiger partial charge on any atom is -0.376 e. The van der Waals surface area contributed by atoms with Crippen molar-refractivity contribution in [3.05, 3.63) is 57.8 Å². The summed E-state index contributed by atoms with van der Waals surface area (Å²) in [5, 5.41) is 7.70. The van der Waals surface area contributed by atoms with Crippen molar-refractivity contribution in [1.82, 2.24) is 5.32 Å². The maximum atomic E-state index is 14.2. The van der Waals surface area contributed by atoms with Crippen molar-refractivity contribution in [3.63, 3.8) is 0 Å². The molecule has 0 bridgehead atoms. The van der Waals surface area contributed by atoms with Crippen LogP contribution in [0.1, 0.15) is 18.5 Å². The van der Waals surface area contributed by atoms with Gasteiger partial charge in [0.15, 0.2) is 0 Å². The van der Waals surface area contributed by atoms with E-state index in [1.807, 2.05) is 25.1 Å². The minimum absolute atomic E-state index is 0.137. The molecule has 2 aromatic rings. The lowest BCUT2D eigenvalue weighted by molar-refractivity contribution is 0.587. The molecule has 1 fully saturated rings. The van der Waals surface area contributed by atoms with Gasteiger partial charge in [0.05, 0.1) is 11.7 Å². The fourth-order valence-electron chi connectivity index (χ4n) is 2.91. The first-order valence-corrected chi connectivity index (χ1v) is 8.77. The summed E-state index contributed by atoms with van der Waals surface area (Å²) in [5.41, 5.74) is 2.38. The normalized spacial score (nSPS) is 16.1. The predicted octanol–water partition coefficient (Wildman–Crippen LogP) is 4.72. The van der Waals surface area contributed by atoms with Crippen LogP contribution in [-0.2, 0) is 0 Å². The lowest BCUT2D eigenvalue weighted by Crippen LogP contribution is -2.43. The average molecular weight is 368 g/mol. The number of hydrogen-bond acceptors (Lipinski definition) is 3. The van der Waals surface area contributed by atoms with Gasteiger partial charge in [0.25, 0.3) is 0 Å². The van der Waals surface area contributed by atoms with Crippen LogP contribution in [0.5, 0.6) is 0 Å². The lowest BCUT2D eigenvalue weighted by Gasteiger charge is -2.30. The van der Waals surface area contributed by atoms with Crippen LogP contribution in [0.15, 0.2) is 36.4 Å². The molecule has 1 heterocycles. The molecule has 0 radical (unpaired) electrons. The van der Waals surface area contributed by atoms with E-state index < -0.39 is 0 Å². The van der Waals surface area contributed by atoms with E-state index >= 15 is 0 Å². The maximum absolute atomic E-state index is 14.2. The summed E-state index contributed by atoms with van der Waals surface area (Å²) in [6, 6.07) is 10.4. The summed E-state index contributed by atoms with van der Waals surface area (Å²) in [6.07, 6.45) is 0. The SMILES string of the molecule is C[C@@H](Nc1cc(N2CCNCC2)ccc1F)c1ccc(Cl)cc1Cl. The van der Waals surface area contributed by atoms with E-state index in [9.17, 15) is 4.39 Å². The zero-order chi connectivity index (χ0) is 17.1. The molecule has 0 spiro atoms. The smallest absolute Gasteiger partial charge is 0.146 e. The van der Waals surface area contributed by atoms with E-state index in [1.54, 1.807) is 12.1 Å². The van der Waals surface area contributed by atoms with Crippen molar-refractivity contribution in [2.24, 2.45) is 0 Å². The Hall–Kier alpha value is -1.49. The lowest BCUT2D eigenvalue weighted by atomic mass is 10.1. The Morgan fingerprint density at radius 3 is 2.58 bits per heavy atom. The molecule has 1 atom stereocenters. The topological polar surface area (TPSA) is 27.3 Å². The van der Waals surface area contributed by atoms with Crippen molar-refractivity contribution in [1.29, 1.82) is 0 Å². The van der Waals surface area contributed by atoms with Crippen molar-refractivity contribution in [2.45, 2.75) is 13.0 Å². The maximum Gasteiger partial charge on any atom is 0.146 e. The Kier molecular flexibility index (Phi) is 5.49. The molecule has 1 saturated heterocycles. The van der Waals surface area contributed by atoms with Crippen LogP contribution in [0.2, 0.25) is 10.0 Å². The Balaban J connectivity index is 1.80. The number of piperazine rings is 1. The summed E-state index contributed by atoms with van der Waals surface area (Å²) in [4.78, 5) is 2.25. The second-order valence-corrected chi connectivity index (χ2v) is 6.78. The van der Waals surface area contributed by atoms with Gasteiger partial charge in [-0.2, -0.15) is 0 Å². The molecule has 24 heavy (non-hydrogen) atoms. The van der Waals surface area contributed by atoms with E-state index in [1.165, 1.54) is 6.07 Å². The van der Waals surface area contributed by atoms with Crippen molar-refractivity contribution in [3.8, 4) is 0 Å². The van der Waals surface area contributed by atoms with Crippen LogP contribution in [0, 0.1) is 5.82 Å². The molecular weight excluding hydrogens is 348 g/mol. The molecule has 6 heteroatoms. The van der Waals surface area contributed by atoms with E-state index in [4.69, 9.17) is 23.2 Å². The largest absolute Gasteiger partial charge is 0.376 e. The monoisotopic (exact) mass is 367 g/mol. The third-order valence-electron chi connectivity index (χ3n) is 4.23. The summed E-state index contributed by atoms with van der Waals surface area (Å²) >= 11 is 12.2. The number of benzene rings is 2. The molecule has 0 amide bonds. The molecule has 1 aliphatic heterocycles. The van der Waals surface area contributed by atoms with Crippen LogP contribution < -0.4 is 15.5 Å². The highest BCUT2D eigenvalue weighted by molar-refractivity contribution is 6.35. The number of halogens is 3. The third kappa shape index (κ3) is 3.94. The Morgan fingerprint density at radius 1 is 1.12 bits per heavy atom. The van der Waals surface area contributed by atoms with Gasteiger partial charge in [-0.3, -0.25) is 0 Å². The number of rotatable bonds is 4. The highest BCUT2D eigenvalue weighted by atomic mass is 35.5. The fraction of sp³-hybridized carbons (Fsp3) is 0.333. The van der Waals surface area contributed by atoms with Gasteiger partial charge in [-0.05, 0) is 42.8 Å². The van der Waals surface area contributed by atoms with Gasteiger partial charge < -0.3 is 15.5 Å². The minimum atomic E-state index is -0.272. The van der Waals surface area contributed by atoms with Gasteiger partial charge in [0.1, 0.15) is 5.82 Å². The van der Waals surface area contributed by atoms with Crippen LogP contribution in [0.25, 0.3) is 0 Å². The number of nitrogens with one attached hydrogen (secondary N) is 2. The molecule has 128 valence electrons. The molecule has 2 N–H and O–H groups in total. The zero-order valence-corrected chi connectivity index (χ0v) is 15.0. The molecule has 0 unspecified atom stereocenters. The standard InChI is InChI=1S/C18H20Cl2FN3/c1-12(15-4-2-13(19)10-16(15)20)23-18-11-14(3-5-17(18)21)24-8-6-22-7-9-24/h2-5,10-12,22-23H,6-9H2,1H3/t12-/m1/s1. The molecule has 0 aromatic heterocycles. The number of anilines is 2. The van der Waals surface area contributed by atoms with Crippen molar-refractivity contribution in [2.75, 3.05) is 36.4 Å². The predicted molar refractivity (Wildman–Crippen MR) is 100.0 cm³/mol. The van der Waals surface area contributed by atoms with Crippen LogP contribution in [-0.4, -0.2) is 26.2 Å². The second kappa shape index (κ2) is 7.60. The Morgan fingerprint density at radius 2 is 1.88 bits per heavy atom. The average Bonchev–Trinajstić information content (AvgIpc) is 2.57. The fourth-order valence-corrected chi connectivity index (χ4v) is 3.48. The highest BCUT2D eigenvalue weighted by Gasteiger charge is 2.15. The summed E-state index contributed by atoms with van der Waals surface area (Å²) in [7, 11) is 0. The van der Waals surface area contributed by atoms with Gasteiger partial charge in [0, 0.05) is 41.9 Å². The van der Waals surface area contributed by atoms with Crippen molar-refractivity contribution >= 4 is 34.6 Å². The first kappa shape index (κ1) is 17.3. The van der Waals surface area contributed by atoms with Gasteiger partial charge in [-0.15, -0.1) is 0 Å². The summed E-state index contributed by atoms with van der Waals surface area (Å²) in [6.45, 7) is 5.67. The second-order valence-electron chi connectivity index (χ2n) is 5.93. The van der Waals surface area contributed by atoms with Gasteiger partial charge in [-0.25, -0.2) is 4.39 Å². The van der Waals surface area contributed by atoms with Gasteiger partial charge >= 0.3 is 0 Å². The molecular formula is C18H20Cl2FN3. The Bertz CT molecular complexity index is 717. The first-order chi connectivity index (χ1) is 11.5. The molecule has 3 nitrogen and oxygen atoms in total. The summed E-state index contributed by atoms with van der Waals surface area (Å²) in [5.74, 6) is -0.272. The molecule has 3 rings (SSSR count). The van der Waals surface area contributed by atoms with E-state index in [0.29, 0.717) is 15.7 Å². The van der Waals surface area contributed by atoms with Gasteiger partial charge in [-0.1, -0.05) is 29.3 Å². The number of hydrogen-bond donors (Lipinski definition) is 2. The third-order valence-corrected chi connectivity index (χ3v) is 4.80. The van der Waals surface area contributed by atoms with E-state index in [2.05, 4.69) is 15.5 Å². The zero-order valence-electron chi connectivity index (χ0n) is 13.5. The van der Waals surface area contributed by atoms with E-state index in [0.717, 1.165) is 37.4 Å². The van der Waals surface area contributed by atoms with Gasteiger partial charge in [0.2, 0.25) is 0 Å². The van der Waals surface area contributed by atoms with Crippen molar-refractivity contribution < 1.29 is 4.39 Å². The van der Waals surface area contributed by atoms with E-state index in [-0.39, 0.29) is 11.9 Å². The molecule has 0 aliphatic carbocycles. The number of nitrogens with zero attached hydrogens (tertiary/aromatic N) is 1. The van der Waals surface area contributed by atoms with Crippen LogP contribution in [0.3, 0.4) is 0 Å². The first-order valence-electron chi connectivity index (χ1n) is 8.01. The molecule has 0 saturated carbocycles. The highest BCUT2D eigenvalue weighted by Crippen LogP contribution is 2.31. The van der Waals surface area contributed by atoms with Crippen LogP contribution in [0.4, 0.5) is 15.8 Å². The summed E-state index contributed by atoms with van der Waals surface area (Å²) < 4.78 is 14.2.